The molecule has 6 heteroatoms. The third-order valence-corrected chi connectivity index (χ3v) is 6.58. The molecule has 1 saturated carbocycles. The lowest BCUT2D eigenvalue weighted by molar-refractivity contribution is 0.394. The first kappa shape index (κ1) is 19.4. The van der Waals surface area contributed by atoms with Crippen LogP contribution in [0.3, 0.4) is 0 Å². The Morgan fingerprint density at radius 2 is 1.73 bits per heavy atom. The molecule has 1 aromatic carbocycles. The van der Waals surface area contributed by atoms with Gasteiger partial charge in [0.25, 0.3) is 0 Å². The van der Waals surface area contributed by atoms with Gasteiger partial charge in [0, 0.05) is 19.6 Å². The molecule has 1 aliphatic rings. The van der Waals surface area contributed by atoms with Crippen molar-refractivity contribution in [2.24, 2.45) is 5.73 Å². The van der Waals surface area contributed by atoms with E-state index in [0.717, 1.165) is 0 Å². The maximum atomic E-state index is 12.5. The molecule has 0 spiro atoms. The molecule has 1 unspecified atom stereocenters. The number of nitrogens with zero attached hydrogens (tertiary/aromatic N) is 1. The molecule has 0 aromatic heterocycles. The van der Waals surface area contributed by atoms with Gasteiger partial charge in [-0.1, -0.05) is 31.4 Å². The molecule has 0 heterocycles. The summed E-state index contributed by atoms with van der Waals surface area (Å²) in [6.07, 6.45) is 6.32. The Labute approximate surface area is 140 Å². The molecule has 1 fully saturated rings. The minimum atomic E-state index is -3.44. The lowest BCUT2D eigenvalue weighted by Crippen LogP contribution is -2.39. The number of nitrogens with two attached hydrogens (primary N) is 1. The van der Waals surface area contributed by atoms with E-state index in [9.17, 15) is 8.42 Å². The van der Waals surface area contributed by atoms with Crippen molar-refractivity contribution in [3.05, 3.63) is 29.8 Å². The van der Waals surface area contributed by atoms with E-state index in [1.807, 2.05) is 19.1 Å². The second kappa shape index (κ2) is 8.29. The maximum absolute atomic E-state index is 12.5. The molecule has 0 amide bonds. The lowest BCUT2D eigenvalue weighted by atomic mass is 9.84. The van der Waals surface area contributed by atoms with Crippen LogP contribution >= 0.6 is 12.4 Å². The zero-order valence-corrected chi connectivity index (χ0v) is 15.0. The largest absolute Gasteiger partial charge is 0.329 e. The highest BCUT2D eigenvalue weighted by Crippen LogP contribution is 2.33. The number of halogens is 1. The molecule has 126 valence electrons. The Bertz CT molecular complexity index is 554. The van der Waals surface area contributed by atoms with Crippen molar-refractivity contribution in [2.45, 2.75) is 55.9 Å². The van der Waals surface area contributed by atoms with Gasteiger partial charge in [-0.05, 0) is 43.4 Å². The molecule has 2 rings (SSSR count). The van der Waals surface area contributed by atoms with E-state index in [4.69, 9.17) is 5.73 Å². The molecule has 1 aromatic rings. The van der Waals surface area contributed by atoms with E-state index in [0.29, 0.717) is 17.4 Å². The molecule has 2 N–H and O–H groups in total. The van der Waals surface area contributed by atoms with Gasteiger partial charge in [-0.15, -0.1) is 12.4 Å². The smallest absolute Gasteiger partial charge is 0.243 e. The third-order valence-electron chi connectivity index (χ3n) is 4.60. The highest BCUT2D eigenvalue weighted by Gasteiger charge is 2.25. The van der Waals surface area contributed by atoms with Crippen LogP contribution in [0, 0.1) is 0 Å². The van der Waals surface area contributed by atoms with Crippen molar-refractivity contribution in [1.29, 1.82) is 0 Å². The van der Waals surface area contributed by atoms with Crippen molar-refractivity contribution < 1.29 is 8.42 Å². The third kappa shape index (κ3) is 4.22. The van der Waals surface area contributed by atoms with Crippen molar-refractivity contribution >= 4 is 22.4 Å². The van der Waals surface area contributed by atoms with E-state index in [2.05, 4.69) is 0 Å². The van der Waals surface area contributed by atoms with Crippen molar-refractivity contribution in [3.63, 3.8) is 0 Å². The fraction of sp³-hybridized carbons (Fsp3) is 0.625. The monoisotopic (exact) mass is 346 g/mol. The van der Waals surface area contributed by atoms with E-state index in [-0.39, 0.29) is 18.4 Å². The average molecular weight is 347 g/mol. The van der Waals surface area contributed by atoms with Crippen LogP contribution in [0.4, 0.5) is 0 Å². The number of hydrogen-bond acceptors (Lipinski definition) is 3. The second-order valence-electron chi connectivity index (χ2n) is 6.01. The van der Waals surface area contributed by atoms with E-state index >= 15 is 0 Å². The van der Waals surface area contributed by atoms with Crippen LogP contribution < -0.4 is 5.73 Å². The number of benzene rings is 1. The van der Waals surface area contributed by atoms with E-state index < -0.39 is 10.0 Å². The second-order valence-corrected chi connectivity index (χ2v) is 8.01. The fourth-order valence-corrected chi connectivity index (χ4v) is 4.27. The number of hydrogen-bond donors (Lipinski definition) is 1. The highest BCUT2D eigenvalue weighted by molar-refractivity contribution is 7.89. The van der Waals surface area contributed by atoms with Gasteiger partial charge >= 0.3 is 0 Å². The first-order valence-electron chi connectivity index (χ1n) is 7.75. The molecule has 1 atom stereocenters. The Hall–Kier alpha value is -0.620. The number of likely N-dealkylation sites (N-methyl/N-ethyl adjacent to an activating group) is 1. The summed E-state index contributed by atoms with van der Waals surface area (Å²) in [6.45, 7) is 2.13. The maximum Gasteiger partial charge on any atom is 0.243 e. The van der Waals surface area contributed by atoms with Gasteiger partial charge in [0.05, 0.1) is 4.90 Å². The van der Waals surface area contributed by atoms with Gasteiger partial charge in [0.1, 0.15) is 0 Å². The first-order valence-corrected chi connectivity index (χ1v) is 9.19. The standard InChI is InChI=1S/C16H26N2O2S.ClH/c1-13(12-17)18(2)21(19,20)16-10-8-15(9-11-16)14-6-4-3-5-7-14;/h8-11,13-14H,3-7,12,17H2,1-2H3;1H. The van der Waals surface area contributed by atoms with Crippen LogP contribution in [0.5, 0.6) is 0 Å². The predicted molar refractivity (Wildman–Crippen MR) is 93.0 cm³/mol. The predicted octanol–water partition coefficient (Wildman–Crippen LogP) is 3.12. The number of rotatable bonds is 5. The Kier molecular flexibility index (Phi) is 7.32. The van der Waals surface area contributed by atoms with Gasteiger partial charge in [-0.25, -0.2) is 8.42 Å². The summed E-state index contributed by atoms with van der Waals surface area (Å²) < 4.78 is 26.3. The quantitative estimate of drug-likeness (QED) is 0.890. The van der Waals surface area contributed by atoms with Gasteiger partial charge in [0.2, 0.25) is 10.0 Å². The SMILES string of the molecule is CC(CN)N(C)S(=O)(=O)c1ccc(C2CCCCC2)cc1.Cl. The molecular weight excluding hydrogens is 320 g/mol. The molecule has 4 nitrogen and oxygen atoms in total. The molecule has 0 saturated heterocycles. The Morgan fingerprint density at radius 1 is 1.18 bits per heavy atom. The van der Waals surface area contributed by atoms with E-state index in [1.54, 1.807) is 19.2 Å². The summed E-state index contributed by atoms with van der Waals surface area (Å²) in [6, 6.07) is 7.22. The van der Waals surface area contributed by atoms with Crippen LogP contribution in [0.1, 0.15) is 50.5 Å². The van der Waals surface area contributed by atoms with Crippen LogP contribution in [0.25, 0.3) is 0 Å². The molecule has 0 aliphatic heterocycles. The van der Waals surface area contributed by atoms with Crippen LogP contribution in [0.15, 0.2) is 29.2 Å². The molecule has 0 radical (unpaired) electrons. The zero-order chi connectivity index (χ0) is 15.5. The summed E-state index contributed by atoms with van der Waals surface area (Å²) in [5, 5.41) is 0. The summed E-state index contributed by atoms with van der Waals surface area (Å²) in [5.74, 6) is 0.594. The van der Waals surface area contributed by atoms with E-state index in [1.165, 1.54) is 42.0 Å². The molecule has 0 bridgehead atoms. The summed E-state index contributed by atoms with van der Waals surface area (Å²) in [7, 11) is -1.86. The van der Waals surface area contributed by atoms with Crippen molar-refractivity contribution in [2.75, 3.05) is 13.6 Å². The van der Waals surface area contributed by atoms with Gasteiger partial charge in [-0.2, -0.15) is 4.31 Å². The average Bonchev–Trinajstić information content (AvgIpc) is 2.54. The van der Waals surface area contributed by atoms with Crippen LogP contribution in [0.2, 0.25) is 0 Å². The summed E-state index contributed by atoms with van der Waals surface area (Å²) in [4.78, 5) is 0.352. The Morgan fingerprint density at radius 3 is 2.23 bits per heavy atom. The summed E-state index contributed by atoms with van der Waals surface area (Å²) >= 11 is 0. The minimum Gasteiger partial charge on any atom is -0.329 e. The fourth-order valence-electron chi connectivity index (χ4n) is 2.90. The van der Waals surface area contributed by atoms with Crippen LogP contribution in [-0.4, -0.2) is 32.4 Å². The van der Waals surface area contributed by atoms with Gasteiger partial charge < -0.3 is 5.73 Å². The van der Waals surface area contributed by atoms with Crippen molar-refractivity contribution in [1.82, 2.24) is 4.31 Å². The van der Waals surface area contributed by atoms with Crippen molar-refractivity contribution in [3.8, 4) is 0 Å². The van der Waals surface area contributed by atoms with Gasteiger partial charge in [-0.3, -0.25) is 0 Å². The summed E-state index contributed by atoms with van der Waals surface area (Å²) in [5.41, 5.74) is 6.83. The first-order chi connectivity index (χ1) is 9.96. The molecule has 1 aliphatic carbocycles. The Balaban J connectivity index is 0.00000242. The molecular formula is C16H27ClN2O2S. The number of sulfonamides is 1. The highest BCUT2D eigenvalue weighted by atomic mass is 35.5. The zero-order valence-electron chi connectivity index (χ0n) is 13.4. The lowest BCUT2D eigenvalue weighted by Gasteiger charge is -2.24. The van der Waals surface area contributed by atoms with Gasteiger partial charge in [0.15, 0.2) is 0 Å². The topological polar surface area (TPSA) is 63.4 Å². The van der Waals surface area contributed by atoms with Crippen LogP contribution in [-0.2, 0) is 10.0 Å². The minimum absolute atomic E-state index is 0. The normalized spacial score (nSPS) is 18.0. The molecule has 22 heavy (non-hydrogen) atoms.